The molecule has 0 bridgehead atoms. The quantitative estimate of drug-likeness (QED) is 0.870. The van der Waals surface area contributed by atoms with Gasteiger partial charge >= 0.3 is 12.1 Å². The summed E-state index contributed by atoms with van der Waals surface area (Å²) in [7, 11) is 8.50. The van der Waals surface area contributed by atoms with Crippen LogP contribution < -0.4 is 4.74 Å². The summed E-state index contributed by atoms with van der Waals surface area (Å²) in [4.78, 5) is 32.1. The van der Waals surface area contributed by atoms with E-state index < -0.39 is 0 Å². The maximum atomic E-state index is 12.8. The number of carbonyl (C=O) groups is 2. The Balaban J connectivity index is 2.13. The van der Waals surface area contributed by atoms with Crippen molar-refractivity contribution in [1.29, 1.82) is 0 Å². The molecule has 2 fully saturated rings. The fourth-order valence-corrected chi connectivity index (χ4v) is 4.31. The van der Waals surface area contributed by atoms with Crippen LogP contribution in [0.2, 0.25) is 0 Å². The van der Waals surface area contributed by atoms with Gasteiger partial charge in [0.1, 0.15) is 6.17 Å². The molecule has 2 aliphatic heterocycles. The van der Waals surface area contributed by atoms with E-state index in [4.69, 9.17) is 4.74 Å². The first-order valence-electron chi connectivity index (χ1n) is 8.56. The van der Waals surface area contributed by atoms with Gasteiger partial charge in [-0.25, -0.2) is 9.59 Å². The van der Waals surface area contributed by atoms with Crippen molar-refractivity contribution in [2.24, 2.45) is 5.92 Å². The largest absolute Gasteiger partial charge is 0.504 e. The predicted octanol–water partition coefficient (Wildman–Crippen LogP) is 1.77. The van der Waals surface area contributed by atoms with Crippen LogP contribution in [-0.2, 0) is 0 Å². The Hall–Kier alpha value is -2.64. The third-order valence-corrected chi connectivity index (χ3v) is 5.84. The average molecular weight is 362 g/mol. The van der Waals surface area contributed by atoms with Gasteiger partial charge in [-0.1, -0.05) is 6.07 Å². The van der Waals surface area contributed by atoms with E-state index in [2.05, 4.69) is 0 Å². The van der Waals surface area contributed by atoms with Crippen LogP contribution in [0.3, 0.4) is 0 Å². The SMILES string of the molecule is COc1cc(C2[C@@H]3C(C)N(C)C(=O)N(C)[C@@H]3N(C)C(=O)N2C)ccc1O. The van der Waals surface area contributed by atoms with Crippen LogP contribution in [0.5, 0.6) is 11.5 Å². The van der Waals surface area contributed by atoms with E-state index in [0.717, 1.165) is 5.56 Å². The Morgan fingerprint density at radius 1 is 0.962 bits per heavy atom. The molecule has 0 saturated carbocycles. The lowest BCUT2D eigenvalue weighted by Gasteiger charge is -2.57. The minimum Gasteiger partial charge on any atom is -0.504 e. The fraction of sp³-hybridized carbons (Fsp3) is 0.556. The fourth-order valence-electron chi connectivity index (χ4n) is 4.31. The van der Waals surface area contributed by atoms with Crippen molar-refractivity contribution in [2.45, 2.75) is 25.2 Å². The standard InChI is InChI=1S/C18H26N4O4/c1-10-14-15(11-7-8-12(23)13(9-11)26-6)20(3)18(25)22(5)16(14)21(4)17(24)19(10)2/h7-10,14-16,23H,1-6H3/t10?,14-,15?,16+/m0/s1. The van der Waals surface area contributed by atoms with E-state index in [1.165, 1.54) is 7.11 Å². The summed E-state index contributed by atoms with van der Waals surface area (Å²) in [6, 6.07) is 4.54. The van der Waals surface area contributed by atoms with Crippen molar-refractivity contribution in [1.82, 2.24) is 19.6 Å². The number of urea groups is 2. The Kier molecular flexibility index (Phi) is 4.37. The number of ether oxygens (including phenoxy) is 1. The van der Waals surface area contributed by atoms with Gasteiger partial charge in [0.05, 0.1) is 13.2 Å². The van der Waals surface area contributed by atoms with Crippen molar-refractivity contribution in [3.05, 3.63) is 23.8 Å². The highest BCUT2D eigenvalue weighted by atomic mass is 16.5. The van der Waals surface area contributed by atoms with E-state index in [1.54, 1.807) is 66.0 Å². The molecular formula is C18H26N4O4. The number of phenolic OH excluding ortho intramolecular Hbond substituents is 1. The van der Waals surface area contributed by atoms with Gasteiger partial charge in [-0.3, -0.25) is 0 Å². The number of rotatable bonds is 2. The minimum atomic E-state index is -0.345. The van der Waals surface area contributed by atoms with Crippen molar-refractivity contribution in [2.75, 3.05) is 35.3 Å². The van der Waals surface area contributed by atoms with Gasteiger partial charge in [0, 0.05) is 40.2 Å². The zero-order valence-corrected chi connectivity index (χ0v) is 16.0. The van der Waals surface area contributed by atoms with Crippen LogP contribution >= 0.6 is 0 Å². The van der Waals surface area contributed by atoms with E-state index >= 15 is 0 Å². The van der Waals surface area contributed by atoms with Crippen LogP contribution in [-0.4, -0.2) is 84.3 Å². The van der Waals surface area contributed by atoms with Crippen LogP contribution in [0.25, 0.3) is 0 Å². The van der Waals surface area contributed by atoms with Crippen molar-refractivity contribution >= 4 is 12.1 Å². The topological polar surface area (TPSA) is 76.6 Å². The van der Waals surface area contributed by atoms with Crippen LogP contribution in [0.1, 0.15) is 18.5 Å². The summed E-state index contributed by atoms with van der Waals surface area (Å²) in [6.45, 7) is 2.00. The summed E-state index contributed by atoms with van der Waals surface area (Å²) >= 11 is 0. The average Bonchev–Trinajstić information content (AvgIpc) is 2.63. The summed E-state index contributed by atoms with van der Waals surface area (Å²) in [5.74, 6) is 0.375. The molecule has 2 heterocycles. The number of hydrogen-bond donors (Lipinski definition) is 1. The molecule has 0 aliphatic carbocycles. The smallest absolute Gasteiger partial charge is 0.321 e. The maximum Gasteiger partial charge on any atom is 0.321 e. The number of hydrogen-bond acceptors (Lipinski definition) is 4. The summed E-state index contributed by atoms with van der Waals surface area (Å²) in [5.41, 5.74) is 0.863. The summed E-state index contributed by atoms with van der Waals surface area (Å²) < 4.78 is 5.24. The Bertz CT molecular complexity index is 736. The Morgan fingerprint density at radius 2 is 1.54 bits per heavy atom. The van der Waals surface area contributed by atoms with E-state index in [-0.39, 0.29) is 42.0 Å². The molecule has 2 aliphatic rings. The first-order valence-corrected chi connectivity index (χ1v) is 8.56. The molecule has 1 aromatic rings. The highest BCUT2D eigenvalue weighted by molar-refractivity contribution is 5.80. The number of fused-ring (bicyclic) bond motifs is 1. The van der Waals surface area contributed by atoms with E-state index in [9.17, 15) is 14.7 Å². The zero-order chi connectivity index (χ0) is 19.3. The summed E-state index contributed by atoms with van der Waals surface area (Å²) in [5, 5.41) is 9.92. The second kappa shape index (κ2) is 6.26. The molecule has 3 rings (SSSR count). The highest BCUT2D eigenvalue weighted by Gasteiger charge is 2.54. The van der Waals surface area contributed by atoms with Gasteiger partial charge in [0.15, 0.2) is 11.5 Å². The van der Waals surface area contributed by atoms with Crippen LogP contribution in [0, 0.1) is 5.92 Å². The number of aromatic hydroxyl groups is 1. The van der Waals surface area contributed by atoms with Crippen LogP contribution in [0.15, 0.2) is 18.2 Å². The van der Waals surface area contributed by atoms with Gasteiger partial charge in [-0.2, -0.15) is 0 Å². The molecule has 4 atom stereocenters. The van der Waals surface area contributed by atoms with Gasteiger partial charge in [0.25, 0.3) is 0 Å². The van der Waals surface area contributed by atoms with Crippen molar-refractivity contribution in [3.8, 4) is 11.5 Å². The highest BCUT2D eigenvalue weighted by Crippen LogP contribution is 2.44. The predicted molar refractivity (Wildman–Crippen MR) is 96.0 cm³/mol. The third-order valence-electron chi connectivity index (χ3n) is 5.84. The number of amides is 4. The lowest BCUT2D eigenvalue weighted by atomic mass is 9.80. The monoisotopic (exact) mass is 362 g/mol. The normalized spacial score (nSPS) is 29.2. The molecule has 1 N–H and O–H groups in total. The number of phenols is 1. The molecule has 26 heavy (non-hydrogen) atoms. The number of carbonyl (C=O) groups excluding carboxylic acids is 2. The molecule has 8 nitrogen and oxygen atoms in total. The van der Waals surface area contributed by atoms with Gasteiger partial charge in [-0.15, -0.1) is 0 Å². The second-order valence-corrected chi connectivity index (χ2v) is 7.12. The minimum absolute atomic E-state index is 0.0374. The molecule has 0 radical (unpaired) electrons. The zero-order valence-electron chi connectivity index (χ0n) is 16.0. The van der Waals surface area contributed by atoms with Crippen LogP contribution in [0.4, 0.5) is 9.59 Å². The third kappa shape index (κ3) is 2.43. The lowest BCUT2D eigenvalue weighted by molar-refractivity contribution is -0.0652. The number of methoxy groups -OCH3 is 1. The molecule has 0 spiro atoms. The molecule has 2 unspecified atom stereocenters. The second-order valence-electron chi connectivity index (χ2n) is 7.12. The lowest BCUT2D eigenvalue weighted by Crippen LogP contribution is -2.71. The van der Waals surface area contributed by atoms with Crippen molar-refractivity contribution in [3.63, 3.8) is 0 Å². The van der Waals surface area contributed by atoms with E-state index in [1.807, 2.05) is 6.92 Å². The first kappa shape index (κ1) is 18.2. The molecule has 0 aromatic heterocycles. The molecule has 8 heteroatoms. The summed E-state index contributed by atoms with van der Waals surface area (Å²) in [6.07, 6.45) is -0.345. The molecule has 1 aromatic carbocycles. The van der Waals surface area contributed by atoms with Gasteiger partial charge in [-0.05, 0) is 24.6 Å². The number of nitrogens with zero attached hydrogens (tertiary/aromatic N) is 4. The first-order chi connectivity index (χ1) is 12.2. The Labute approximate surface area is 153 Å². The molecular weight excluding hydrogens is 336 g/mol. The van der Waals surface area contributed by atoms with Gasteiger partial charge < -0.3 is 29.4 Å². The van der Waals surface area contributed by atoms with Crippen molar-refractivity contribution < 1.29 is 19.4 Å². The molecule has 4 amide bonds. The van der Waals surface area contributed by atoms with Gasteiger partial charge in [0.2, 0.25) is 0 Å². The van der Waals surface area contributed by atoms with E-state index in [0.29, 0.717) is 5.75 Å². The Morgan fingerprint density at radius 3 is 2.12 bits per heavy atom. The maximum absolute atomic E-state index is 12.8. The molecule has 2 saturated heterocycles. The molecule has 142 valence electrons. The number of benzene rings is 1.